The van der Waals surface area contributed by atoms with Crippen molar-refractivity contribution in [3.05, 3.63) is 53.6 Å². The van der Waals surface area contributed by atoms with E-state index in [1.807, 2.05) is 25.1 Å². The van der Waals surface area contributed by atoms with Crippen LogP contribution in [0.3, 0.4) is 0 Å². The number of fused-ring (bicyclic) bond motifs is 1. The Hall–Kier alpha value is -3.02. The summed E-state index contributed by atoms with van der Waals surface area (Å²) in [6.07, 6.45) is 2.78. The largest absolute Gasteiger partial charge is 0.462 e. The van der Waals surface area contributed by atoms with Crippen LogP contribution in [0.1, 0.15) is 42.1 Å². The van der Waals surface area contributed by atoms with Gasteiger partial charge in [0.1, 0.15) is 0 Å². The fraction of sp³-hybridized carbons (Fsp3) is 0.333. The molecule has 1 heterocycles. The number of hydrogen-bond donors (Lipinski definition) is 1. The Morgan fingerprint density at radius 1 is 1.07 bits per heavy atom. The summed E-state index contributed by atoms with van der Waals surface area (Å²) in [4.78, 5) is 24.0. The molecule has 6 heteroatoms. The summed E-state index contributed by atoms with van der Waals surface area (Å²) in [6.45, 7) is 2.70. The predicted molar refractivity (Wildman–Crippen MR) is 101 cm³/mol. The van der Waals surface area contributed by atoms with Gasteiger partial charge in [-0.2, -0.15) is 0 Å². The number of carbonyl (C=O) groups excluding carboxylic acids is 2. The molecule has 0 saturated heterocycles. The lowest BCUT2D eigenvalue weighted by molar-refractivity contribution is -0.116. The van der Waals surface area contributed by atoms with Crippen molar-refractivity contribution in [3.63, 3.8) is 0 Å². The van der Waals surface area contributed by atoms with Crippen molar-refractivity contribution in [2.24, 2.45) is 0 Å². The molecular formula is C21H23NO5. The molecule has 2 aromatic carbocycles. The third-order valence-corrected chi connectivity index (χ3v) is 4.21. The highest BCUT2D eigenvalue weighted by Gasteiger charge is 2.14. The van der Waals surface area contributed by atoms with Gasteiger partial charge in [-0.3, -0.25) is 4.79 Å². The van der Waals surface area contributed by atoms with E-state index in [0.29, 0.717) is 36.4 Å². The maximum absolute atomic E-state index is 12.2. The second-order valence-corrected chi connectivity index (χ2v) is 6.30. The number of anilines is 1. The van der Waals surface area contributed by atoms with Gasteiger partial charge in [0.05, 0.1) is 12.2 Å². The third-order valence-electron chi connectivity index (χ3n) is 4.21. The Balaban J connectivity index is 1.47. The van der Waals surface area contributed by atoms with E-state index in [-0.39, 0.29) is 18.7 Å². The fourth-order valence-corrected chi connectivity index (χ4v) is 2.66. The molecule has 27 heavy (non-hydrogen) atoms. The third kappa shape index (κ3) is 5.23. The number of ether oxygens (including phenoxy) is 3. The zero-order valence-corrected chi connectivity index (χ0v) is 15.3. The van der Waals surface area contributed by atoms with E-state index in [9.17, 15) is 9.59 Å². The Morgan fingerprint density at radius 2 is 1.85 bits per heavy atom. The molecule has 1 amide bonds. The quantitative estimate of drug-likeness (QED) is 0.563. The average Bonchev–Trinajstić information content (AvgIpc) is 3.15. The van der Waals surface area contributed by atoms with Crippen LogP contribution in [0.15, 0.2) is 42.5 Å². The first-order chi connectivity index (χ1) is 13.2. The number of benzene rings is 2. The molecule has 2 aromatic rings. The molecule has 0 aromatic heterocycles. The molecule has 0 radical (unpaired) electrons. The van der Waals surface area contributed by atoms with E-state index in [1.54, 1.807) is 24.3 Å². The monoisotopic (exact) mass is 369 g/mol. The summed E-state index contributed by atoms with van der Waals surface area (Å²) < 4.78 is 15.8. The lowest BCUT2D eigenvalue weighted by atomic mass is 10.1. The molecule has 0 spiro atoms. The first-order valence-electron chi connectivity index (χ1n) is 9.11. The topological polar surface area (TPSA) is 73.9 Å². The minimum absolute atomic E-state index is 0.0917. The van der Waals surface area contributed by atoms with Crippen LogP contribution < -0.4 is 14.8 Å². The highest BCUT2D eigenvalue weighted by Crippen LogP contribution is 2.32. The van der Waals surface area contributed by atoms with Crippen LogP contribution in [0.2, 0.25) is 0 Å². The molecular weight excluding hydrogens is 346 g/mol. The van der Waals surface area contributed by atoms with Crippen molar-refractivity contribution in [3.8, 4) is 11.5 Å². The molecule has 0 bridgehead atoms. The Labute approximate surface area is 158 Å². The zero-order valence-electron chi connectivity index (χ0n) is 15.3. The molecule has 3 rings (SSSR count). The van der Waals surface area contributed by atoms with Gasteiger partial charge in [-0.1, -0.05) is 19.4 Å². The van der Waals surface area contributed by atoms with Crippen LogP contribution >= 0.6 is 0 Å². The van der Waals surface area contributed by atoms with Crippen molar-refractivity contribution >= 4 is 17.6 Å². The number of esters is 1. The number of carbonyl (C=O) groups is 2. The van der Waals surface area contributed by atoms with Gasteiger partial charge in [-0.05, 0) is 54.8 Å². The highest BCUT2D eigenvalue weighted by molar-refractivity contribution is 5.93. The second-order valence-electron chi connectivity index (χ2n) is 6.30. The van der Waals surface area contributed by atoms with Crippen molar-refractivity contribution in [1.82, 2.24) is 0 Å². The minimum Gasteiger partial charge on any atom is -0.462 e. The van der Waals surface area contributed by atoms with Crippen molar-refractivity contribution in [1.29, 1.82) is 0 Å². The van der Waals surface area contributed by atoms with Gasteiger partial charge >= 0.3 is 5.97 Å². The maximum atomic E-state index is 12.2. The molecule has 142 valence electrons. The normalized spacial score (nSPS) is 11.9. The lowest BCUT2D eigenvalue weighted by Crippen LogP contribution is -2.12. The summed E-state index contributed by atoms with van der Waals surface area (Å²) in [5.74, 6) is 1.01. The fourth-order valence-electron chi connectivity index (χ4n) is 2.66. The van der Waals surface area contributed by atoms with Gasteiger partial charge in [-0.25, -0.2) is 4.79 Å². The van der Waals surface area contributed by atoms with E-state index in [2.05, 4.69) is 5.32 Å². The van der Waals surface area contributed by atoms with Gasteiger partial charge < -0.3 is 19.5 Å². The van der Waals surface area contributed by atoms with E-state index in [1.165, 1.54) is 0 Å². The highest BCUT2D eigenvalue weighted by atomic mass is 16.7. The van der Waals surface area contributed by atoms with Gasteiger partial charge in [0, 0.05) is 12.1 Å². The Morgan fingerprint density at radius 3 is 2.63 bits per heavy atom. The van der Waals surface area contributed by atoms with Gasteiger partial charge in [0.25, 0.3) is 0 Å². The van der Waals surface area contributed by atoms with E-state index in [4.69, 9.17) is 14.2 Å². The van der Waals surface area contributed by atoms with Gasteiger partial charge in [0.2, 0.25) is 12.7 Å². The summed E-state index contributed by atoms with van der Waals surface area (Å²) in [7, 11) is 0. The summed E-state index contributed by atoms with van der Waals surface area (Å²) in [6, 6.07) is 12.4. The molecule has 0 aliphatic carbocycles. The number of rotatable bonds is 8. The zero-order chi connectivity index (χ0) is 19.1. The number of hydrogen-bond acceptors (Lipinski definition) is 5. The molecule has 0 unspecified atom stereocenters. The number of aryl methyl sites for hydroxylation is 1. The van der Waals surface area contributed by atoms with Crippen LogP contribution in [-0.4, -0.2) is 25.3 Å². The van der Waals surface area contributed by atoms with Gasteiger partial charge in [-0.15, -0.1) is 0 Å². The molecule has 1 aliphatic heterocycles. The van der Waals surface area contributed by atoms with Crippen LogP contribution in [0.5, 0.6) is 11.5 Å². The van der Waals surface area contributed by atoms with Crippen LogP contribution in [0.4, 0.5) is 5.69 Å². The minimum atomic E-state index is -0.343. The van der Waals surface area contributed by atoms with Gasteiger partial charge in [0.15, 0.2) is 11.5 Å². The molecule has 6 nitrogen and oxygen atoms in total. The molecule has 0 fully saturated rings. The standard InChI is InChI=1S/C21H23NO5/c1-2-3-12-25-21(24)16-6-8-17(9-7-16)22-20(23)11-5-15-4-10-18-19(13-15)27-14-26-18/h4,6-10,13H,2-3,5,11-12,14H2,1H3,(H,22,23). The first-order valence-corrected chi connectivity index (χ1v) is 9.11. The van der Waals surface area contributed by atoms with Crippen molar-refractivity contribution in [2.75, 3.05) is 18.7 Å². The molecule has 1 aliphatic rings. The van der Waals surface area contributed by atoms with E-state index >= 15 is 0 Å². The van der Waals surface area contributed by atoms with Crippen LogP contribution in [0, 0.1) is 0 Å². The summed E-state index contributed by atoms with van der Waals surface area (Å²) >= 11 is 0. The SMILES string of the molecule is CCCCOC(=O)c1ccc(NC(=O)CCc2ccc3c(c2)OCO3)cc1. The van der Waals surface area contributed by atoms with Crippen LogP contribution in [-0.2, 0) is 16.0 Å². The molecule has 0 saturated carbocycles. The number of nitrogens with one attached hydrogen (secondary N) is 1. The predicted octanol–water partition coefficient (Wildman–Crippen LogP) is 3.94. The number of unbranched alkanes of at least 4 members (excludes halogenated alkanes) is 1. The van der Waals surface area contributed by atoms with E-state index in [0.717, 1.165) is 24.2 Å². The van der Waals surface area contributed by atoms with Crippen LogP contribution in [0.25, 0.3) is 0 Å². The Kier molecular flexibility index (Phi) is 6.30. The average molecular weight is 369 g/mol. The second kappa shape index (κ2) is 9.07. The maximum Gasteiger partial charge on any atom is 0.338 e. The molecule has 1 N–H and O–H groups in total. The van der Waals surface area contributed by atoms with E-state index < -0.39 is 0 Å². The lowest BCUT2D eigenvalue weighted by Gasteiger charge is -2.07. The smallest absolute Gasteiger partial charge is 0.338 e. The molecule has 0 atom stereocenters. The number of amides is 1. The Bertz CT molecular complexity index is 801. The summed E-state index contributed by atoms with van der Waals surface area (Å²) in [5.41, 5.74) is 2.14. The first kappa shape index (κ1) is 18.8. The summed E-state index contributed by atoms with van der Waals surface area (Å²) in [5, 5.41) is 2.84. The van der Waals surface area contributed by atoms with Crippen molar-refractivity contribution < 1.29 is 23.8 Å². The van der Waals surface area contributed by atoms with Crippen molar-refractivity contribution in [2.45, 2.75) is 32.6 Å².